The predicted octanol–water partition coefficient (Wildman–Crippen LogP) is -2.39. The van der Waals surface area contributed by atoms with Gasteiger partial charge in [0.25, 0.3) is 0 Å². The smallest absolute Gasteiger partial charge is 0.394 e. The van der Waals surface area contributed by atoms with Crippen LogP contribution in [0.15, 0.2) is 0 Å². The number of phosphoric ester groups is 3. The summed E-state index contributed by atoms with van der Waals surface area (Å²) in [4.78, 5) is 62.7. The molecule has 0 spiro atoms. The highest BCUT2D eigenvalue weighted by atomic mass is 31.2. The Balaban J connectivity index is 5.25. The van der Waals surface area contributed by atoms with Crippen LogP contribution in [0.25, 0.3) is 0 Å². The molecule has 0 aromatic carbocycles. The second kappa shape index (κ2) is 8.18. The van der Waals surface area contributed by atoms with Crippen LogP contribution in [0.4, 0.5) is 0 Å². The van der Waals surface area contributed by atoms with Gasteiger partial charge in [-0.3, -0.25) is 18.4 Å². The fraction of sp³-hybridized carbons (Fsp3) is 0.800. The Hall–Kier alpha value is -0.0400. The topological polar surface area (TPSA) is 238 Å². The van der Waals surface area contributed by atoms with Crippen molar-refractivity contribution in [2.45, 2.75) is 12.2 Å². The third kappa shape index (κ3) is 10.6. The van der Waals surface area contributed by atoms with Crippen LogP contribution >= 0.6 is 23.5 Å². The van der Waals surface area contributed by atoms with Crippen LogP contribution in [-0.2, 0) is 32.1 Å². The van der Waals surface area contributed by atoms with Crippen molar-refractivity contribution < 1.29 is 66.5 Å². The SMILES string of the molecule is O=C(COP(=O)(O)O)[C@H](OP(=O)(O)O)[C@@H](CO)OP(=O)(O)O. The molecule has 14 nitrogen and oxygen atoms in total. The van der Waals surface area contributed by atoms with Crippen molar-refractivity contribution >= 4 is 29.3 Å². The second-order valence-corrected chi connectivity index (χ2v) is 7.19. The van der Waals surface area contributed by atoms with Crippen LogP contribution in [0, 0.1) is 0 Å². The molecule has 0 unspecified atom stereocenters. The summed E-state index contributed by atoms with van der Waals surface area (Å²) >= 11 is 0. The zero-order chi connectivity index (χ0) is 17.8. The Morgan fingerprint density at radius 3 is 1.64 bits per heavy atom. The summed E-state index contributed by atoms with van der Waals surface area (Å²) in [6.45, 7) is -2.76. The normalized spacial score (nSPS) is 16.3. The third-order valence-electron chi connectivity index (χ3n) is 1.73. The molecule has 2 atom stereocenters. The molecule has 0 amide bonds. The number of phosphoric acid groups is 3. The first-order valence-electron chi connectivity index (χ1n) is 4.96. The fourth-order valence-electron chi connectivity index (χ4n) is 1.07. The number of aliphatic hydroxyl groups is 1. The molecule has 132 valence electrons. The van der Waals surface area contributed by atoms with Crippen LogP contribution < -0.4 is 0 Å². The molecule has 0 radical (unpaired) electrons. The van der Waals surface area contributed by atoms with E-state index in [-0.39, 0.29) is 0 Å². The molecule has 0 saturated heterocycles. The van der Waals surface area contributed by atoms with E-state index in [9.17, 15) is 18.5 Å². The number of carbonyl (C=O) groups is 1. The molecule has 0 fully saturated rings. The molecule has 0 bridgehead atoms. The van der Waals surface area contributed by atoms with Crippen molar-refractivity contribution in [3.8, 4) is 0 Å². The van der Waals surface area contributed by atoms with E-state index in [1.807, 2.05) is 0 Å². The number of ketones is 1. The van der Waals surface area contributed by atoms with Gasteiger partial charge in [0.05, 0.1) is 6.61 Å². The maximum absolute atomic E-state index is 11.6. The first kappa shape index (κ1) is 22.0. The minimum absolute atomic E-state index is 1.32. The molecular formula is C5H13O14P3. The van der Waals surface area contributed by atoms with Gasteiger partial charge in [-0.15, -0.1) is 0 Å². The van der Waals surface area contributed by atoms with Crippen molar-refractivity contribution in [1.82, 2.24) is 0 Å². The number of Topliss-reactive ketones (excluding diaryl/α,β-unsaturated/α-hetero) is 1. The van der Waals surface area contributed by atoms with E-state index in [4.69, 9.17) is 34.5 Å². The van der Waals surface area contributed by atoms with Crippen LogP contribution in [0.1, 0.15) is 0 Å². The summed E-state index contributed by atoms with van der Waals surface area (Å²) in [5.74, 6) is -1.56. The second-order valence-electron chi connectivity index (χ2n) is 3.56. The molecule has 0 aromatic rings. The van der Waals surface area contributed by atoms with Gasteiger partial charge < -0.3 is 34.5 Å². The van der Waals surface area contributed by atoms with E-state index in [1.54, 1.807) is 0 Å². The maximum atomic E-state index is 11.6. The number of aliphatic hydroxyl groups excluding tert-OH is 1. The number of hydrogen-bond donors (Lipinski definition) is 7. The van der Waals surface area contributed by atoms with E-state index in [0.29, 0.717) is 0 Å². The lowest BCUT2D eigenvalue weighted by Gasteiger charge is -2.24. The molecule has 0 aliphatic rings. The van der Waals surface area contributed by atoms with Gasteiger partial charge in [0.2, 0.25) is 0 Å². The van der Waals surface area contributed by atoms with Gasteiger partial charge >= 0.3 is 23.5 Å². The van der Waals surface area contributed by atoms with Crippen LogP contribution in [-0.4, -0.2) is 65.7 Å². The van der Waals surface area contributed by atoms with Crippen LogP contribution in [0.5, 0.6) is 0 Å². The lowest BCUT2D eigenvalue weighted by atomic mass is 10.1. The van der Waals surface area contributed by atoms with Crippen LogP contribution in [0.2, 0.25) is 0 Å². The molecule has 0 saturated carbocycles. The van der Waals surface area contributed by atoms with Crippen molar-refractivity contribution in [3.05, 3.63) is 0 Å². The van der Waals surface area contributed by atoms with Gasteiger partial charge in [0.1, 0.15) is 12.7 Å². The van der Waals surface area contributed by atoms with E-state index in [0.717, 1.165) is 0 Å². The molecular weight excluding hydrogens is 377 g/mol. The van der Waals surface area contributed by atoms with E-state index >= 15 is 0 Å². The quantitative estimate of drug-likeness (QED) is 0.193. The zero-order valence-corrected chi connectivity index (χ0v) is 13.1. The average Bonchev–Trinajstić information content (AvgIpc) is 2.27. The third-order valence-corrected chi connectivity index (χ3v) is 3.25. The lowest BCUT2D eigenvalue weighted by Crippen LogP contribution is -2.41. The van der Waals surface area contributed by atoms with Crippen LogP contribution in [0.3, 0.4) is 0 Å². The Kier molecular flexibility index (Phi) is 8.16. The molecule has 17 heteroatoms. The standard InChI is InChI=1S/C5H13O14P3/c6-1-4(18-21(11,12)13)5(19-22(14,15)16)3(7)2-17-20(8,9)10/h4-6H,1-2H2,(H2,8,9,10)(H2,11,12,13)(H2,14,15,16)/t4-,5+/m1/s1. The molecule has 0 heterocycles. The minimum atomic E-state index is -5.39. The van der Waals surface area contributed by atoms with Crippen molar-refractivity contribution in [1.29, 1.82) is 0 Å². The molecule has 22 heavy (non-hydrogen) atoms. The molecule has 0 rings (SSSR count). The highest BCUT2D eigenvalue weighted by Gasteiger charge is 2.39. The first-order valence-corrected chi connectivity index (χ1v) is 9.55. The maximum Gasteiger partial charge on any atom is 0.470 e. The van der Waals surface area contributed by atoms with Gasteiger partial charge in [-0.25, -0.2) is 13.7 Å². The summed E-state index contributed by atoms with van der Waals surface area (Å²) in [6.07, 6.45) is -4.70. The highest BCUT2D eigenvalue weighted by molar-refractivity contribution is 7.47. The summed E-state index contributed by atoms with van der Waals surface area (Å²) in [5.41, 5.74) is 0. The predicted molar refractivity (Wildman–Crippen MR) is 63.9 cm³/mol. The molecule has 0 aliphatic carbocycles. The summed E-state index contributed by atoms with van der Waals surface area (Å²) < 4.78 is 43.4. The monoisotopic (exact) mass is 390 g/mol. The van der Waals surface area contributed by atoms with Gasteiger partial charge in [-0.1, -0.05) is 0 Å². The van der Waals surface area contributed by atoms with Crippen molar-refractivity contribution in [2.75, 3.05) is 13.2 Å². The van der Waals surface area contributed by atoms with Gasteiger partial charge in [-0.05, 0) is 0 Å². The average molecular weight is 390 g/mol. The highest BCUT2D eigenvalue weighted by Crippen LogP contribution is 2.43. The van der Waals surface area contributed by atoms with E-state index in [2.05, 4.69) is 13.6 Å². The van der Waals surface area contributed by atoms with E-state index < -0.39 is 54.7 Å². The number of rotatable bonds is 10. The Morgan fingerprint density at radius 2 is 1.32 bits per heavy atom. The van der Waals surface area contributed by atoms with E-state index in [1.165, 1.54) is 0 Å². The summed E-state index contributed by atoms with van der Waals surface area (Å²) in [7, 11) is -15.8. The fourth-order valence-corrected chi connectivity index (χ4v) is 2.45. The minimum Gasteiger partial charge on any atom is -0.394 e. The lowest BCUT2D eigenvalue weighted by molar-refractivity contribution is -0.135. The largest absolute Gasteiger partial charge is 0.470 e. The van der Waals surface area contributed by atoms with Crippen molar-refractivity contribution in [3.63, 3.8) is 0 Å². The molecule has 0 aromatic heterocycles. The first-order chi connectivity index (χ1) is 9.64. The summed E-state index contributed by atoms with van der Waals surface area (Å²) in [5, 5.41) is 8.89. The summed E-state index contributed by atoms with van der Waals surface area (Å²) in [6, 6.07) is 0. The Labute approximate surface area is 122 Å². The number of carbonyl (C=O) groups excluding carboxylic acids is 1. The molecule has 0 aliphatic heterocycles. The van der Waals surface area contributed by atoms with Gasteiger partial charge in [0.15, 0.2) is 11.9 Å². The van der Waals surface area contributed by atoms with Gasteiger partial charge in [0, 0.05) is 0 Å². The molecule has 7 N–H and O–H groups in total. The van der Waals surface area contributed by atoms with Crippen molar-refractivity contribution in [2.24, 2.45) is 0 Å². The Morgan fingerprint density at radius 1 is 0.864 bits per heavy atom. The zero-order valence-electron chi connectivity index (χ0n) is 10.4. The Bertz CT molecular complexity index is 511. The number of hydrogen-bond acceptors (Lipinski definition) is 8. The van der Waals surface area contributed by atoms with Gasteiger partial charge in [-0.2, -0.15) is 0 Å².